The van der Waals surface area contributed by atoms with Crippen LogP contribution in [0.3, 0.4) is 0 Å². The van der Waals surface area contributed by atoms with E-state index in [9.17, 15) is 4.79 Å². The second-order valence-corrected chi connectivity index (χ2v) is 5.72. The molecule has 5 heteroatoms. The van der Waals surface area contributed by atoms with Crippen molar-refractivity contribution >= 4 is 21.8 Å². The molecule has 0 unspecified atom stereocenters. The van der Waals surface area contributed by atoms with E-state index in [2.05, 4.69) is 35.2 Å². The molecule has 1 amide bonds. The first-order valence-corrected chi connectivity index (χ1v) is 7.21. The lowest BCUT2D eigenvalue weighted by molar-refractivity contribution is 0.0953. The number of carbonyl (C=O) groups is 1. The third kappa shape index (κ3) is 5.72. The molecule has 19 heavy (non-hydrogen) atoms. The zero-order valence-corrected chi connectivity index (χ0v) is 13.0. The van der Waals surface area contributed by atoms with Gasteiger partial charge < -0.3 is 4.74 Å². The van der Waals surface area contributed by atoms with Gasteiger partial charge in [0.1, 0.15) is 0 Å². The molecule has 0 aliphatic rings. The van der Waals surface area contributed by atoms with Crippen molar-refractivity contribution in [2.45, 2.75) is 33.3 Å². The summed E-state index contributed by atoms with van der Waals surface area (Å²) in [6.45, 7) is 5.72. The summed E-state index contributed by atoms with van der Waals surface area (Å²) < 4.78 is 6.48. The van der Waals surface area contributed by atoms with Gasteiger partial charge in [-0.3, -0.25) is 10.2 Å². The highest BCUT2D eigenvalue weighted by Gasteiger charge is 2.07. The number of nitrogens with two attached hydrogens (primary N) is 1. The van der Waals surface area contributed by atoms with E-state index in [0.29, 0.717) is 18.1 Å². The molecule has 0 aliphatic carbocycles. The molecule has 106 valence electrons. The van der Waals surface area contributed by atoms with E-state index in [1.165, 1.54) is 6.42 Å². The van der Waals surface area contributed by atoms with Crippen molar-refractivity contribution in [3.05, 3.63) is 33.8 Å². The van der Waals surface area contributed by atoms with Crippen molar-refractivity contribution in [3.8, 4) is 0 Å². The van der Waals surface area contributed by atoms with E-state index < -0.39 is 0 Å². The molecule has 4 nitrogen and oxygen atoms in total. The number of amides is 1. The number of rotatable bonds is 7. The number of hydrazine groups is 1. The number of nitrogens with one attached hydrogen (secondary N) is 1. The number of hydrogen-bond donors (Lipinski definition) is 2. The predicted molar refractivity (Wildman–Crippen MR) is 79.5 cm³/mol. The molecule has 1 rings (SSSR count). The summed E-state index contributed by atoms with van der Waals surface area (Å²) in [6.07, 6.45) is 2.25. The molecule has 0 heterocycles. The van der Waals surface area contributed by atoms with E-state index >= 15 is 0 Å². The molecular formula is C14H21BrN2O2. The van der Waals surface area contributed by atoms with Crippen LogP contribution in [0.2, 0.25) is 0 Å². The Morgan fingerprint density at radius 2 is 2.21 bits per heavy atom. The third-order valence-corrected chi connectivity index (χ3v) is 3.51. The predicted octanol–water partition coefficient (Wildman–Crippen LogP) is 3.01. The first-order chi connectivity index (χ1) is 9.04. The van der Waals surface area contributed by atoms with E-state index in [-0.39, 0.29) is 5.91 Å². The molecule has 0 bridgehead atoms. The Balaban J connectivity index is 2.44. The summed E-state index contributed by atoms with van der Waals surface area (Å²) in [4.78, 5) is 11.4. The van der Waals surface area contributed by atoms with Crippen molar-refractivity contribution in [3.63, 3.8) is 0 Å². The molecule has 0 radical (unpaired) electrons. The Morgan fingerprint density at radius 1 is 1.47 bits per heavy atom. The molecule has 0 atom stereocenters. The Hall–Kier alpha value is -0.910. The average Bonchev–Trinajstić information content (AvgIpc) is 2.38. The van der Waals surface area contributed by atoms with Crippen LogP contribution in [0.15, 0.2) is 22.7 Å². The number of nitrogen functional groups attached to an aromatic ring is 1. The van der Waals surface area contributed by atoms with Gasteiger partial charge in [0.2, 0.25) is 0 Å². The van der Waals surface area contributed by atoms with Crippen LogP contribution in [0.1, 0.15) is 42.6 Å². The Labute approximate surface area is 122 Å². The number of ether oxygens (including phenoxy) is 1. The van der Waals surface area contributed by atoms with Crippen molar-refractivity contribution in [2.24, 2.45) is 11.8 Å². The molecule has 0 spiro atoms. The Kier molecular flexibility index (Phi) is 7.05. The number of halogens is 1. The van der Waals surface area contributed by atoms with Gasteiger partial charge in [-0.05, 0) is 36.5 Å². The highest BCUT2D eigenvalue weighted by molar-refractivity contribution is 9.10. The smallest absolute Gasteiger partial charge is 0.265 e. The Morgan fingerprint density at radius 3 is 2.79 bits per heavy atom. The van der Waals surface area contributed by atoms with E-state index in [1.54, 1.807) is 12.1 Å². The summed E-state index contributed by atoms with van der Waals surface area (Å²) in [6, 6.07) is 5.35. The van der Waals surface area contributed by atoms with Crippen LogP contribution in [0, 0.1) is 5.92 Å². The van der Waals surface area contributed by atoms with E-state index in [0.717, 1.165) is 23.1 Å². The molecule has 1 aromatic carbocycles. The molecule has 1 aromatic rings. The largest absolute Gasteiger partial charge is 0.377 e. The maximum absolute atomic E-state index is 11.4. The second kappa shape index (κ2) is 8.30. The van der Waals surface area contributed by atoms with Crippen LogP contribution >= 0.6 is 15.9 Å². The number of carbonyl (C=O) groups excluding carboxylic acids is 1. The topological polar surface area (TPSA) is 64.3 Å². The number of hydrogen-bond acceptors (Lipinski definition) is 3. The van der Waals surface area contributed by atoms with Gasteiger partial charge in [-0.2, -0.15) is 0 Å². The zero-order valence-electron chi connectivity index (χ0n) is 11.4. The van der Waals surface area contributed by atoms with Gasteiger partial charge in [0.05, 0.1) is 6.61 Å². The summed E-state index contributed by atoms with van der Waals surface area (Å²) in [7, 11) is 0. The molecular weight excluding hydrogens is 308 g/mol. The standard InChI is InChI=1S/C14H21BrN2O2/c1-10(2)4-3-7-19-9-12-6-5-11(8-13(12)15)14(18)17-16/h5-6,8,10H,3-4,7,9,16H2,1-2H3,(H,17,18). The maximum Gasteiger partial charge on any atom is 0.265 e. The van der Waals surface area contributed by atoms with Gasteiger partial charge in [-0.1, -0.05) is 35.8 Å². The minimum Gasteiger partial charge on any atom is -0.377 e. The quantitative estimate of drug-likeness (QED) is 0.350. The lowest BCUT2D eigenvalue weighted by Crippen LogP contribution is -2.29. The minimum absolute atomic E-state index is 0.301. The van der Waals surface area contributed by atoms with Crippen molar-refractivity contribution in [2.75, 3.05) is 6.61 Å². The summed E-state index contributed by atoms with van der Waals surface area (Å²) in [5.74, 6) is 5.50. The summed E-state index contributed by atoms with van der Waals surface area (Å²) >= 11 is 3.44. The van der Waals surface area contributed by atoms with Gasteiger partial charge in [0, 0.05) is 16.6 Å². The molecule has 0 saturated heterocycles. The van der Waals surface area contributed by atoms with Crippen LogP contribution in [-0.2, 0) is 11.3 Å². The SMILES string of the molecule is CC(C)CCCOCc1ccc(C(=O)NN)cc1Br. The fourth-order valence-corrected chi connectivity index (χ4v) is 2.16. The van der Waals surface area contributed by atoms with Gasteiger partial charge >= 0.3 is 0 Å². The maximum atomic E-state index is 11.4. The molecule has 3 N–H and O–H groups in total. The lowest BCUT2D eigenvalue weighted by Gasteiger charge is -2.09. The normalized spacial score (nSPS) is 10.8. The van der Waals surface area contributed by atoms with Gasteiger partial charge in [0.15, 0.2) is 0 Å². The summed E-state index contributed by atoms with van der Waals surface area (Å²) in [5.41, 5.74) is 3.66. The molecule has 0 aliphatic heterocycles. The zero-order chi connectivity index (χ0) is 14.3. The van der Waals surface area contributed by atoms with E-state index in [4.69, 9.17) is 10.6 Å². The Bertz CT molecular complexity index is 422. The van der Waals surface area contributed by atoms with Crippen LogP contribution < -0.4 is 11.3 Å². The third-order valence-electron chi connectivity index (χ3n) is 2.77. The van der Waals surface area contributed by atoms with Gasteiger partial charge in [0.25, 0.3) is 5.91 Å². The first-order valence-electron chi connectivity index (χ1n) is 6.41. The van der Waals surface area contributed by atoms with Crippen molar-refractivity contribution in [1.82, 2.24) is 5.43 Å². The lowest BCUT2D eigenvalue weighted by atomic mass is 10.1. The number of benzene rings is 1. The molecule has 0 saturated carbocycles. The average molecular weight is 329 g/mol. The van der Waals surface area contributed by atoms with Crippen molar-refractivity contribution in [1.29, 1.82) is 0 Å². The van der Waals surface area contributed by atoms with Crippen LogP contribution in [0.5, 0.6) is 0 Å². The highest BCUT2D eigenvalue weighted by Crippen LogP contribution is 2.19. The van der Waals surface area contributed by atoms with E-state index in [1.807, 2.05) is 6.07 Å². The second-order valence-electron chi connectivity index (χ2n) is 4.87. The fourth-order valence-electron chi connectivity index (χ4n) is 1.66. The fraction of sp³-hybridized carbons (Fsp3) is 0.500. The van der Waals surface area contributed by atoms with Crippen LogP contribution in [0.25, 0.3) is 0 Å². The molecule has 0 aromatic heterocycles. The van der Waals surface area contributed by atoms with Gasteiger partial charge in [-0.15, -0.1) is 0 Å². The highest BCUT2D eigenvalue weighted by atomic mass is 79.9. The summed E-state index contributed by atoms with van der Waals surface area (Å²) in [5, 5.41) is 0. The van der Waals surface area contributed by atoms with Crippen LogP contribution in [0.4, 0.5) is 0 Å². The van der Waals surface area contributed by atoms with Gasteiger partial charge in [-0.25, -0.2) is 5.84 Å². The first kappa shape index (κ1) is 16.1. The van der Waals surface area contributed by atoms with Crippen molar-refractivity contribution < 1.29 is 9.53 Å². The monoisotopic (exact) mass is 328 g/mol. The molecule has 0 fully saturated rings. The minimum atomic E-state index is -0.301. The van der Waals surface area contributed by atoms with Crippen LogP contribution in [-0.4, -0.2) is 12.5 Å².